The van der Waals surface area contributed by atoms with Gasteiger partial charge in [-0.3, -0.25) is 4.79 Å². The van der Waals surface area contributed by atoms with E-state index in [1.54, 1.807) is 6.20 Å². The normalized spacial score (nSPS) is 14.5. The SMILES string of the molecule is O=C1Cc2c(Br)ccnc2N1. The van der Waals surface area contributed by atoms with Crippen molar-refractivity contribution < 1.29 is 4.79 Å². The van der Waals surface area contributed by atoms with Crippen molar-refractivity contribution in [2.24, 2.45) is 0 Å². The highest BCUT2D eigenvalue weighted by atomic mass is 79.9. The van der Waals surface area contributed by atoms with E-state index in [2.05, 4.69) is 26.2 Å². The molecule has 4 heteroatoms. The Morgan fingerprint density at radius 1 is 1.64 bits per heavy atom. The van der Waals surface area contributed by atoms with E-state index in [-0.39, 0.29) is 5.91 Å². The molecule has 0 atom stereocenters. The topological polar surface area (TPSA) is 42.0 Å². The molecule has 1 aromatic rings. The number of amides is 1. The van der Waals surface area contributed by atoms with Gasteiger partial charge in [-0.05, 0) is 6.07 Å². The first-order valence-electron chi connectivity index (χ1n) is 3.20. The average Bonchev–Trinajstić information content (AvgIpc) is 2.31. The highest BCUT2D eigenvalue weighted by Crippen LogP contribution is 2.27. The molecule has 2 rings (SSSR count). The fourth-order valence-corrected chi connectivity index (χ4v) is 1.53. The predicted molar refractivity (Wildman–Crippen MR) is 44.3 cm³/mol. The quantitative estimate of drug-likeness (QED) is 0.706. The van der Waals surface area contributed by atoms with Crippen LogP contribution in [0.25, 0.3) is 0 Å². The lowest BCUT2D eigenvalue weighted by Crippen LogP contribution is -2.04. The Morgan fingerprint density at radius 3 is 3.18 bits per heavy atom. The number of fused-ring (bicyclic) bond motifs is 1. The van der Waals surface area contributed by atoms with Crippen LogP contribution < -0.4 is 5.32 Å². The first kappa shape index (κ1) is 6.79. The molecule has 0 spiro atoms. The lowest BCUT2D eigenvalue weighted by Gasteiger charge is -1.96. The van der Waals surface area contributed by atoms with E-state index < -0.39 is 0 Å². The molecule has 1 aliphatic rings. The summed E-state index contributed by atoms with van der Waals surface area (Å²) in [6.07, 6.45) is 2.10. The van der Waals surface area contributed by atoms with Crippen molar-refractivity contribution in [3.8, 4) is 0 Å². The van der Waals surface area contributed by atoms with Crippen LogP contribution in [-0.2, 0) is 11.2 Å². The second-order valence-corrected chi connectivity index (χ2v) is 3.20. The lowest BCUT2D eigenvalue weighted by atomic mass is 10.2. The minimum absolute atomic E-state index is 0.0133. The van der Waals surface area contributed by atoms with Gasteiger partial charge >= 0.3 is 0 Å². The van der Waals surface area contributed by atoms with Crippen LogP contribution >= 0.6 is 15.9 Å². The number of anilines is 1. The van der Waals surface area contributed by atoms with Crippen molar-refractivity contribution in [1.29, 1.82) is 0 Å². The minimum atomic E-state index is 0.0133. The van der Waals surface area contributed by atoms with Gasteiger partial charge in [-0.25, -0.2) is 4.98 Å². The zero-order valence-electron chi connectivity index (χ0n) is 5.60. The summed E-state index contributed by atoms with van der Waals surface area (Å²) in [6, 6.07) is 1.83. The van der Waals surface area contributed by atoms with E-state index >= 15 is 0 Å². The zero-order valence-corrected chi connectivity index (χ0v) is 7.18. The van der Waals surface area contributed by atoms with Gasteiger partial charge in [-0.2, -0.15) is 0 Å². The number of aromatic nitrogens is 1. The van der Waals surface area contributed by atoms with E-state index in [0.29, 0.717) is 12.2 Å². The van der Waals surface area contributed by atoms with Crippen LogP contribution in [0.1, 0.15) is 5.56 Å². The molecule has 11 heavy (non-hydrogen) atoms. The third kappa shape index (κ3) is 1.03. The zero-order chi connectivity index (χ0) is 7.84. The largest absolute Gasteiger partial charge is 0.310 e. The van der Waals surface area contributed by atoms with E-state index in [1.807, 2.05) is 6.07 Å². The van der Waals surface area contributed by atoms with Gasteiger partial charge in [0.05, 0.1) is 6.42 Å². The third-order valence-electron chi connectivity index (χ3n) is 1.59. The van der Waals surface area contributed by atoms with Crippen LogP contribution in [0.4, 0.5) is 5.82 Å². The summed E-state index contributed by atoms with van der Waals surface area (Å²) in [7, 11) is 0. The predicted octanol–water partition coefficient (Wildman–Crippen LogP) is 1.34. The summed E-state index contributed by atoms with van der Waals surface area (Å²) in [5, 5.41) is 2.66. The first-order valence-corrected chi connectivity index (χ1v) is 4.00. The molecule has 2 heterocycles. The molecule has 0 saturated heterocycles. The molecule has 1 aliphatic heterocycles. The van der Waals surface area contributed by atoms with Crippen LogP contribution in [0, 0.1) is 0 Å². The summed E-state index contributed by atoms with van der Waals surface area (Å²) in [6.45, 7) is 0. The Hall–Kier alpha value is -0.900. The van der Waals surface area contributed by atoms with Gasteiger partial charge in [-0.1, -0.05) is 15.9 Å². The summed E-state index contributed by atoms with van der Waals surface area (Å²) >= 11 is 3.34. The van der Waals surface area contributed by atoms with Gasteiger partial charge < -0.3 is 5.32 Å². The second kappa shape index (κ2) is 2.30. The molecule has 1 N–H and O–H groups in total. The van der Waals surface area contributed by atoms with E-state index in [0.717, 1.165) is 10.0 Å². The number of nitrogens with zero attached hydrogens (tertiary/aromatic N) is 1. The van der Waals surface area contributed by atoms with Gasteiger partial charge in [0.15, 0.2) is 0 Å². The number of nitrogens with one attached hydrogen (secondary N) is 1. The molecule has 0 fully saturated rings. The molecular weight excluding hydrogens is 208 g/mol. The highest BCUT2D eigenvalue weighted by Gasteiger charge is 2.20. The maximum Gasteiger partial charge on any atom is 0.230 e. The van der Waals surface area contributed by atoms with Crippen molar-refractivity contribution in [2.75, 3.05) is 5.32 Å². The van der Waals surface area contributed by atoms with Crippen molar-refractivity contribution in [3.63, 3.8) is 0 Å². The molecular formula is C7H5BrN2O. The number of carbonyl (C=O) groups is 1. The number of rotatable bonds is 0. The van der Waals surface area contributed by atoms with E-state index in [4.69, 9.17) is 0 Å². The molecule has 0 saturated carbocycles. The van der Waals surface area contributed by atoms with Gasteiger partial charge in [-0.15, -0.1) is 0 Å². The van der Waals surface area contributed by atoms with Crippen LogP contribution in [-0.4, -0.2) is 10.9 Å². The van der Waals surface area contributed by atoms with Crippen molar-refractivity contribution in [1.82, 2.24) is 4.98 Å². The fourth-order valence-electron chi connectivity index (χ4n) is 1.08. The van der Waals surface area contributed by atoms with Gasteiger partial charge in [0.2, 0.25) is 5.91 Å². The van der Waals surface area contributed by atoms with Crippen LogP contribution in [0.5, 0.6) is 0 Å². The summed E-state index contributed by atoms with van der Waals surface area (Å²) in [4.78, 5) is 14.9. The Labute approximate surface area is 72.0 Å². The van der Waals surface area contributed by atoms with Crippen molar-refractivity contribution in [2.45, 2.75) is 6.42 Å². The van der Waals surface area contributed by atoms with Gasteiger partial charge in [0.25, 0.3) is 0 Å². The molecule has 1 aromatic heterocycles. The summed E-state index contributed by atoms with van der Waals surface area (Å²) in [5.41, 5.74) is 0.956. The van der Waals surface area contributed by atoms with Crippen molar-refractivity contribution >= 4 is 27.7 Å². The van der Waals surface area contributed by atoms with Crippen LogP contribution in [0.3, 0.4) is 0 Å². The molecule has 0 bridgehead atoms. The summed E-state index contributed by atoms with van der Waals surface area (Å²) in [5.74, 6) is 0.698. The molecule has 1 amide bonds. The fraction of sp³-hybridized carbons (Fsp3) is 0.143. The highest BCUT2D eigenvalue weighted by molar-refractivity contribution is 9.10. The molecule has 0 aromatic carbocycles. The monoisotopic (exact) mass is 212 g/mol. The standard InChI is InChI=1S/C7H5BrN2O/c8-5-1-2-9-7-4(5)3-6(11)10-7/h1-2H,3H2,(H,9,10,11). The summed E-state index contributed by atoms with van der Waals surface area (Å²) < 4.78 is 0.945. The van der Waals surface area contributed by atoms with Gasteiger partial charge in [0, 0.05) is 16.2 Å². The van der Waals surface area contributed by atoms with Crippen LogP contribution in [0.15, 0.2) is 16.7 Å². The molecule has 0 radical (unpaired) electrons. The van der Waals surface area contributed by atoms with E-state index in [1.165, 1.54) is 0 Å². The second-order valence-electron chi connectivity index (χ2n) is 2.34. The average molecular weight is 213 g/mol. The Morgan fingerprint density at radius 2 is 2.45 bits per heavy atom. The van der Waals surface area contributed by atoms with Crippen LogP contribution in [0.2, 0.25) is 0 Å². The maximum atomic E-state index is 10.9. The molecule has 3 nitrogen and oxygen atoms in total. The van der Waals surface area contributed by atoms with E-state index in [9.17, 15) is 4.79 Å². The maximum absolute atomic E-state index is 10.9. The number of halogens is 1. The number of pyridine rings is 1. The smallest absolute Gasteiger partial charge is 0.230 e. The molecule has 56 valence electrons. The Balaban J connectivity index is 2.57. The molecule has 0 aliphatic carbocycles. The Kier molecular flexibility index (Phi) is 1.42. The minimum Gasteiger partial charge on any atom is -0.310 e. The van der Waals surface area contributed by atoms with Gasteiger partial charge in [0.1, 0.15) is 5.82 Å². The lowest BCUT2D eigenvalue weighted by molar-refractivity contribution is -0.115. The third-order valence-corrected chi connectivity index (χ3v) is 2.34. The molecule has 0 unspecified atom stereocenters. The first-order chi connectivity index (χ1) is 5.27. The Bertz CT molecular complexity index is 324. The number of hydrogen-bond donors (Lipinski definition) is 1. The number of hydrogen-bond acceptors (Lipinski definition) is 2. The number of carbonyl (C=O) groups excluding carboxylic acids is 1. The van der Waals surface area contributed by atoms with Crippen molar-refractivity contribution in [3.05, 3.63) is 22.3 Å².